The molecule has 4 nitrogen and oxygen atoms in total. The molecule has 4 aromatic rings. The molecule has 0 N–H and O–H groups in total. The van der Waals surface area contributed by atoms with Crippen LogP contribution in [-0.4, -0.2) is 53.0 Å². The first-order valence-corrected chi connectivity index (χ1v) is 12.4. The topological polar surface area (TPSA) is 28.5 Å². The average molecular weight is 480 g/mol. The minimum Gasteiger partial charge on any atom is -0.336 e. The highest BCUT2D eigenvalue weighted by atomic mass is 19.1. The molecule has 1 saturated heterocycles. The molecular formula is C31H30FN3O. The van der Waals surface area contributed by atoms with Gasteiger partial charge in [-0.3, -0.25) is 9.69 Å². The minimum absolute atomic E-state index is 0.000696. The van der Waals surface area contributed by atoms with E-state index in [2.05, 4.69) is 29.2 Å². The van der Waals surface area contributed by atoms with Crippen molar-refractivity contribution in [1.82, 2.24) is 14.4 Å². The minimum atomic E-state index is -0.315. The van der Waals surface area contributed by atoms with Gasteiger partial charge in [0.2, 0.25) is 0 Å². The predicted molar refractivity (Wildman–Crippen MR) is 144 cm³/mol. The molecule has 2 heterocycles. The van der Waals surface area contributed by atoms with Crippen molar-refractivity contribution in [2.75, 3.05) is 32.7 Å². The van der Waals surface area contributed by atoms with Gasteiger partial charge in [-0.25, -0.2) is 4.39 Å². The fourth-order valence-corrected chi connectivity index (χ4v) is 4.79. The molecule has 0 radical (unpaired) electrons. The number of carbonyl (C=O) groups excluding carboxylic acids is 1. The van der Waals surface area contributed by atoms with E-state index in [9.17, 15) is 9.18 Å². The third kappa shape index (κ3) is 5.02. The molecule has 0 aliphatic carbocycles. The molecule has 0 bridgehead atoms. The number of piperazine rings is 1. The smallest absolute Gasteiger partial charge is 0.255 e. The highest BCUT2D eigenvalue weighted by Crippen LogP contribution is 2.31. The average Bonchev–Trinajstić information content (AvgIpc) is 3.27. The summed E-state index contributed by atoms with van der Waals surface area (Å²) >= 11 is 0. The fraction of sp³-hybridized carbons (Fsp3) is 0.194. The Morgan fingerprint density at radius 2 is 1.50 bits per heavy atom. The normalized spacial score (nSPS) is 14.4. The number of carbonyl (C=O) groups is 1. The van der Waals surface area contributed by atoms with E-state index in [-0.39, 0.29) is 11.7 Å². The molecule has 1 aliphatic heterocycles. The molecule has 0 spiro atoms. The molecule has 0 unspecified atom stereocenters. The van der Waals surface area contributed by atoms with Crippen molar-refractivity contribution in [2.45, 2.75) is 6.92 Å². The number of nitrogens with zero attached hydrogens (tertiary/aromatic N) is 3. The number of aromatic nitrogens is 1. The molecule has 1 aromatic heterocycles. The van der Waals surface area contributed by atoms with Gasteiger partial charge in [-0.2, -0.15) is 0 Å². The zero-order chi connectivity index (χ0) is 24.9. The second kappa shape index (κ2) is 10.8. The van der Waals surface area contributed by atoms with Crippen molar-refractivity contribution in [3.8, 4) is 16.9 Å². The van der Waals surface area contributed by atoms with Crippen LogP contribution in [0.15, 0.2) is 97.1 Å². The van der Waals surface area contributed by atoms with Gasteiger partial charge in [0.25, 0.3) is 5.91 Å². The van der Waals surface area contributed by atoms with Crippen LogP contribution >= 0.6 is 0 Å². The third-order valence-corrected chi connectivity index (χ3v) is 6.77. The van der Waals surface area contributed by atoms with E-state index in [1.807, 2.05) is 77.1 Å². The molecule has 5 rings (SSSR count). The first-order valence-electron chi connectivity index (χ1n) is 12.4. The van der Waals surface area contributed by atoms with E-state index >= 15 is 0 Å². The second-order valence-corrected chi connectivity index (χ2v) is 9.09. The molecule has 182 valence electrons. The van der Waals surface area contributed by atoms with Crippen LogP contribution in [0.2, 0.25) is 0 Å². The maximum atomic E-state index is 14.8. The summed E-state index contributed by atoms with van der Waals surface area (Å²) in [5, 5.41) is 0. The Morgan fingerprint density at radius 1 is 0.861 bits per heavy atom. The molecular weight excluding hydrogens is 449 g/mol. The molecule has 0 atom stereocenters. The van der Waals surface area contributed by atoms with Gasteiger partial charge in [0.05, 0.1) is 16.9 Å². The Hall–Kier alpha value is -3.96. The number of para-hydroxylation sites is 1. The van der Waals surface area contributed by atoms with E-state index in [1.165, 1.54) is 11.6 Å². The Bertz CT molecular complexity index is 1350. The van der Waals surface area contributed by atoms with Crippen LogP contribution in [0.5, 0.6) is 0 Å². The molecule has 1 fully saturated rings. The van der Waals surface area contributed by atoms with Crippen LogP contribution in [0, 0.1) is 12.7 Å². The maximum absolute atomic E-state index is 14.8. The zero-order valence-corrected chi connectivity index (χ0v) is 20.5. The number of rotatable bonds is 6. The van der Waals surface area contributed by atoms with E-state index in [4.69, 9.17) is 0 Å². The Kier molecular flexibility index (Phi) is 7.10. The van der Waals surface area contributed by atoms with Gasteiger partial charge in [0.15, 0.2) is 0 Å². The van der Waals surface area contributed by atoms with Crippen molar-refractivity contribution < 1.29 is 9.18 Å². The lowest BCUT2D eigenvalue weighted by molar-refractivity contribution is 0.0649. The first kappa shape index (κ1) is 23.8. The molecule has 36 heavy (non-hydrogen) atoms. The van der Waals surface area contributed by atoms with E-state index in [0.717, 1.165) is 36.6 Å². The van der Waals surface area contributed by atoms with Gasteiger partial charge >= 0.3 is 0 Å². The highest BCUT2D eigenvalue weighted by molar-refractivity contribution is 5.97. The number of halogens is 1. The standard InChI is InChI=1S/C31H30FN3O/c1-24-27(23-30(26-14-6-3-7-15-26)35(24)29-17-9-8-16-28(29)32)31(36)34-21-19-33(20-22-34)18-10-13-25-11-4-2-5-12-25/h2-17,23H,18-22H2,1H3/b13-10+. The summed E-state index contributed by atoms with van der Waals surface area (Å²) in [5.74, 6) is -0.316. The fourth-order valence-electron chi connectivity index (χ4n) is 4.79. The molecule has 3 aromatic carbocycles. The van der Waals surface area contributed by atoms with Gasteiger partial charge < -0.3 is 9.47 Å². The van der Waals surface area contributed by atoms with Crippen LogP contribution in [0.3, 0.4) is 0 Å². The summed E-state index contributed by atoms with van der Waals surface area (Å²) in [5.41, 5.74) is 4.76. The van der Waals surface area contributed by atoms with Gasteiger partial charge in [0, 0.05) is 38.4 Å². The maximum Gasteiger partial charge on any atom is 0.255 e. The van der Waals surface area contributed by atoms with Crippen LogP contribution in [0.1, 0.15) is 21.6 Å². The summed E-state index contributed by atoms with van der Waals surface area (Å²) in [6, 6.07) is 28.7. The largest absolute Gasteiger partial charge is 0.336 e. The Morgan fingerprint density at radius 3 is 2.19 bits per heavy atom. The number of hydrogen-bond acceptors (Lipinski definition) is 2. The SMILES string of the molecule is Cc1c(C(=O)N2CCN(C/C=C/c3ccccc3)CC2)cc(-c2ccccc2)n1-c1ccccc1F. The van der Waals surface area contributed by atoms with Crippen LogP contribution in [0.4, 0.5) is 4.39 Å². The molecule has 1 amide bonds. The summed E-state index contributed by atoms with van der Waals surface area (Å²) in [6.07, 6.45) is 4.31. The van der Waals surface area contributed by atoms with Gasteiger partial charge in [-0.1, -0.05) is 84.9 Å². The number of hydrogen-bond donors (Lipinski definition) is 0. The summed E-state index contributed by atoms with van der Waals surface area (Å²) < 4.78 is 16.7. The molecule has 0 saturated carbocycles. The second-order valence-electron chi connectivity index (χ2n) is 9.09. The third-order valence-electron chi connectivity index (χ3n) is 6.77. The van der Waals surface area contributed by atoms with Crippen LogP contribution < -0.4 is 0 Å². The van der Waals surface area contributed by atoms with Crippen molar-refractivity contribution in [1.29, 1.82) is 0 Å². The molecule has 5 heteroatoms. The lowest BCUT2D eigenvalue weighted by Gasteiger charge is -2.34. The first-order chi connectivity index (χ1) is 17.6. The molecule has 1 aliphatic rings. The van der Waals surface area contributed by atoms with Crippen molar-refractivity contribution in [2.24, 2.45) is 0 Å². The summed E-state index contributed by atoms with van der Waals surface area (Å²) in [4.78, 5) is 17.9. The highest BCUT2D eigenvalue weighted by Gasteiger charge is 2.27. The summed E-state index contributed by atoms with van der Waals surface area (Å²) in [6.45, 7) is 5.74. The Labute approximate surface area is 211 Å². The predicted octanol–water partition coefficient (Wildman–Crippen LogP) is 6.06. The number of benzene rings is 3. The zero-order valence-electron chi connectivity index (χ0n) is 20.5. The van der Waals surface area contributed by atoms with Crippen molar-refractivity contribution in [3.05, 3.63) is 120 Å². The van der Waals surface area contributed by atoms with Gasteiger partial charge in [-0.15, -0.1) is 0 Å². The van der Waals surface area contributed by atoms with Gasteiger partial charge in [0.1, 0.15) is 5.82 Å². The quantitative estimate of drug-likeness (QED) is 0.336. The monoisotopic (exact) mass is 479 g/mol. The van der Waals surface area contributed by atoms with Crippen LogP contribution in [-0.2, 0) is 0 Å². The van der Waals surface area contributed by atoms with Crippen LogP contribution in [0.25, 0.3) is 23.0 Å². The number of amides is 1. The Balaban J connectivity index is 1.34. The van der Waals surface area contributed by atoms with Gasteiger partial charge in [-0.05, 0) is 36.2 Å². The van der Waals surface area contributed by atoms with E-state index < -0.39 is 0 Å². The van der Waals surface area contributed by atoms with Crippen molar-refractivity contribution >= 4 is 12.0 Å². The van der Waals surface area contributed by atoms with E-state index in [0.29, 0.717) is 24.3 Å². The van der Waals surface area contributed by atoms with Crippen molar-refractivity contribution in [3.63, 3.8) is 0 Å². The summed E-state index contributed by atoms with van der Waals surface area (Å²) in [7, 11) is 0. The lowest BCUT2D eigenvalue weighted by Crippen LogP contribution is -2.48. The van der Waals surface area contributed by atoms with E-state index in [1.54, 1.807) is 12.1 Å². The lowest BCUT2D eigenvalue weighted by atomic mass is 10.1.